The number of carbonyl (C=O) groups excluding carboxylic acids is 3. The maximum atomic E-state index is 12.9. The third-order valence-corrected chi connectivity index (χ3v) is 5.13. The molecule has 8 nitrogen and oxygen atoms in total. The summed E-state index contributed by atoms with van der Waals surface area (Å²) in [6.45, 7) is 0.472. The number of carbonyl (C=O) groups is 3. The molecule has 0 unspecified atom stereocenters. The molecule has 0 aliphatic heterocycles. The van der Waals surface area contributed by atoms with E-state index in [0.717, 1.165) is 8.95 Å². The van der Waals surface area contributed by atoms with Gasteiger partial charge in [-0.05, 0) is 48.5 Å². The first kappa shape index (κ1) is 22.0. The van der Waals surface area contributed by atoms with Gasteiger partial charge in [-0.25, -0.2) is 4.68 Å². The van der Waals surface area contributed by atoms with Crippen molar-refractivity contribution in [3.63, 3.8) is 0 Å². The molecule has 0 spiro atoms. The van der Waals surface area contributed by atoms with Crippen LogP contribution in [0.25, 0.3) is 10.9 Å². The zero-order valence-corrected chi connectivity index (χ0v) is 19.0. The van der Waals surface area contributed by atoms with E-state index in [-0.39, 0.29) is 18.8 Å². The summed E-state index contributed by atoms with van der Waals surface area (Å²) in [5.41, 5.74) is 3.82. The Morgan fingerprint density at radius 2 is 1.67 bits per heavy atom. The highest BCUT2D eigenvalue weighted by Crippen LogP contribution is 2.24. The minimum atomic E-state index is -0.899. The molecule has 0 saturated carbocycles. The van der Waals surface area contributed by atoms with Crippen LogP contribution in [0.3, 0.4) is 0 Å². The molecule has 0 radical (unpaired) electrons. The molecule has 0 aliphatic carbocycles. The molecule has 3 rings (SSSR count). The Kier molecular flexibility index (Phi) is 7.24. The van der Waals surface area contributed by atoms with Crippen molar-refractivity contribution >= 4 is 66.2 Å². The first-order valence-corrected chi connectivity index (χ1v) is 10.4. The number of fused-ring (bicyclic) bond motifs is 1. The standard InChI is InChI=1S/C20H18Br2N4O4/c1-30-9-8-23-19(28)20(29)25-26-16-7-4-14(22)10-12(16)11-17(26)18(27)24-15-5-2-13(21)3-6-15/h2-7,10-11H,8-9H2,1H3,(H,23,28)(H,24,27)(H,25,29). The molecule has 3 N–H and O–H groups in total. The molecule has 0 saturated heterocycles. The van der Waals surface area contributed by atoms with Gasteiger partial charge in [0, 0.05) is 33.7 Å². The van der Waals surface area contributed by atoms with Crippen LogP contribution in [0.1, 0.15) is 10.5 Å². The fourth-order valence-electron chi connectivity index (χ4n) is 2.70. The molecule has 0 bridgehead atoms. The van der Waals surface area contributed by atoms with Crippen molar-refractivity contribution in [1.82, 2.24) is 9.99 Å². The summed E-state index contributed by atoms with van der Waals surface area (Å²) in [7, 11) is 1.49. The van der Waals surface area contributed by atoms with Crippen LogP contribution in [0, 0.1) is 0 Å². The Morgan fingerprint density at radius 3 is 2.37 bits per heavy atom. The molecule has 30 heavy (non-hydrogen) atoms. The second-order valence-electron chi connectivity index (χ2n) is 6.22. The van der Waals surface area contributed by atoms with Gasteiger partial charge in [-0.3, -0.25) is 19.8 Å². The van der Waals surface area contributed by atoms with Gasteiger partial charge >= 0.3 is 11.8 Å². The molecule has 1 heterocycles. The molecule has 10 heteroatoms. The molecule has 156 valence electrons. The number of nitrogens with zero attached hydrogens (tertiary/aromatic N) is 1. The largest absolute Gasteiger partial charge is 0.383 e. The van der Waals surface area contributed by atoms with Crippen molar-refractivity contribution in [3.05, 3.63) is 63.2 Å². The van der Waals surface area contributed by atoms with Gasteiger partial charge in [0.25, 0.3) is 5.91 Å². The number of halogens is 2. The van der Waals surface area contributed by atoms with E-state index in [1.807, 2.05) is 6.07 Å². The van der Waals surface area contributed by atoms with Gasteiger partial charge < -0.3 is 15.4 Å². The smallest absolute Gasteiger partial charge is 0.328 e. The van der Waals surface area contributed by atoms with Gasteiger partial charge in [0.05, 0.1) is 12.1 Å². The van der Waals surface area contributed by atoms with E-state index in [4.69, 9.17) is 4.74 Å². The summed E-state index contributed by atoms with van der Waals surface area (Å²) in [4.78, 5) is 37.3. The highest BCUT2D eigenvalue weighted by atomic mass is 79.9. The van der Waals surface area contributed by atoms with E-state index in [1.165, 1.54) is 11.8 Å². The summed E-state index contributed by atoms with van der Waals surface area (Å²) < 4.78 is 7.85. The SMILES string of the molecule is COCCNC(=O)C(=O)Nn1c(C(=O)Nc2ccc(Br)cc2)cc2cc(Br)ccc21. The highest BCUT2D eigenvalue weighted by Gasteiger charge is 2.21. The lowest BCUT2D eigenvalue weighted by Gasteiger charge is -2.12. The van der Waals surface area contributed by atoms with Gasteiger partial charge in [0.1, 0.15) is 5.69 Å². The van der Waals surface area contributed by atoms with Crippen LogP contribution in [0.2, 0.25) is 0 Å². The minimum Gasteiger partial charge on any atom is -0.383 e. The summed E-state index contributed by atoms with van der Waals surface area (Å²) >= 11 is 6.74. The first-order valence-electron chi connectivity index (χ1n) is 8.85. The molecule has 2 aromatic carbocycles. The molecule has 3 amide bonds. The van der Waals surface area contributed by atoms with Crippen LogP contribution in [0.15, 0.2) is 57.5 Å². The monoisotopic (exact) mass is 536 g/mol. The van der Waals surface area contributed by atoms with Gasteiger partial charge in [-0.1, -0.05) is 31.9 Å². The number of amides is 3. The topological polar surface area (TPSA) is 101 Å². The molecule has 0 fully saturated rings. The van der Waals surface area contributed by atoms with Crippen LogP contribution in [0.4, 0.5) is 5.69 Å². The number of nitrogens with one attached hydrogen (secondary N) is 3. The average Bonchev–Trinajstić information content (AvgIpc) is 3.07. The van der Waals surface area contributed by atoms with Gasteiger partial charge in [-0.15, -0.1) is 0 Å². The van der Waals surface area contributed by atoms with Crippen molar-refractivity contribution in [2.45, 2.75) is 0 Å². The number of rotatable bonds is 6. The fraction of sp³-hybridized carbons (Fsp3) is 0.150. The van der Waals surface area contributed by atoms with E-state index in [9.17, 15) is 14.4 Å². The summed E-state index contributed by atoms with van der Waals surface area (Å²) in [5.74, 6) is -2.17. The maximum absolute atomic E-state index is 12.9. The minimum absolute atomic E-state index is 0.170. The van der Waals surface area contributed by atoms with Gasteiger partial charge in [0.2, 0.25) is 0 Å². The molecule has 3 aromatic rings. The number of anilines is 1. The maximum Gasteiger partial charge on any atom is 0.328 e. The number of hydrogen-bond acceptors (Lipinski definition) is 4. The van der Waals surface area contributed by atoms with Crippen molar-refractivity contribution in [1.29, 1.82) is 0 Å². The lowest BCUT2D eigenvalue weighted by Crippen LogP contribution is -2.40. The summed E-state index contributed by atoms with van der Waals surface area (Å²) in [6, 6.07) is 14.0. The van der Waals surface area contributed by atoms with E-state index in [0.29, 0.717) is 16.6 Å². The Hall–Kier alpha value is -2.69. The Balaban J connectivity index is 1.89. The van der Waals surface area contributed by atoms with Gasteiger partial charge in [-0.2, -0.15) is 0 Å². The third kappa shape index (κ3) is 5.26. The van der Waals surface area contributed by atoms with Crippen LogP contribution in [-0.4, -0.2) is 42.7 Å². The lowest BCUT2D eigenvalue weighted by molar-refractivity contribution is -0.136. The van der Waals surface area contributed by atoms with Crippen LogP contribution >= 0.6 is 31.9 Å². The number of hydrogen-bond donors (Lipinski definition) is 3. The zero-order valence-electron chi connectivity index (χ0n) is 15.9. The predicted octanol–water partition coefficient (Wildman–Crippen LogP) is 3.25. The number of ether oxygens (including phenoxy) is 1. The predicted molar refractivity (Wildman–Crippen MR) is 121 cm³/mol. The van der Waals surface area contributed by atoms with E-state index in [1.54, 1.807) is 42.5 Å². The lowest BCUT2D eigenvalue weighted by atomic mass is 10.2. The number of benzene rings is 2. The first-order chi connectivity index (χ1) is 14.4. The Bertz CT molecular complexity index is 1100. The van der Waals surface area contributed by atoms with E-state index in [2.05, 4.69) is 47.9 Å². The van der Waals surface area contributed by atoms with Crippen LogP contribution in [0.5, 0.6) is 0 Å². The van der Waals surface area contributed by atoms with Crippen LogP contribution < -0.4 is 16.1 Å². The summed E-state index contributed by atoms with van der Waals surface area (Å²) in [5, 5.41) is 5.94. The van der Waals surface area contributed by atoms with E-state index < -0.39 is 17.7 Å². The molecule has 0 aliphatic rings. The van der Waals surface area contributed by atoms with Crippen LogP contribution in [-0.2, 0) is 14.3 Å². The molecular formula is C20H18Br2N4O4. The molecule has 0 atom stereocenters. The second kappa shape index (κ2) is 9.88. The molecular weight excluding hydrogens is 520 g/mol. The Labute approximate surface area is 189 Å². The van der Waals surface area contributed by atoms with E-state index >= 15 is 0 Å². The zero-order chi connectivity index (χ0) is 21.7. The number of aromatic nitrogens is 1. The van der Waals surface area contributed by atoms with Crippen molar-refractivity contribution in [2.24, 2.45) is 0 Å². The van der Waals surface area contributed by atoms with Crippen molar-refractivity contribution in [3.8, 4) is 0 Å². The van der Waals surface area contributed by atoms with Gasteiger partial charge in [0.15, 0.2) is 0 Å². The highest BCUT2D eigenvalue weighted by molar-refractivity contribution is 9.10. The normalized spacial score (nSPS) is 10.6. The second-order valence-corrected chi connectivity index (χ2v) is 8.05. The fourth-order valence-corrected chi connectivity index (χ4v) is 3.34. The number of methoxy groups -OCH3 is 1. The third-order valence-electron chi connectivity index (χ3n) is 4.11. The quantitative estimate of drug-likeness (QED) is 0.332. The van der Waals surface area contributed by atoms with Crippen molar-refractivity contribution < 1.29 is 19.1 Å². The summed E-state index contributed by atoms with van der Waals surface area (Å²) in [6.07, 6.45) is 0. The average molecular weight is 538 g/mol. The molecule has 1 aromatic heterocycles. The Morgan fingerprint density at radius 1 is 0.967 bits per heavy atom. The van der Waals surface area contributed by atoms with Crippen molar-refractivity contribution in [2.75, 3.05) is 31.0 Å².